The van der Waals surface area contributed by atoms with Crippen molar-refractivity contribution in [1.29, 1.82) is 0 Å². The highest BCUT2D eigenvalue weighted by Gasteiger charge is 2.28. The summed E-state index contributed by atoms with van der Waals surface area (Å²) in [6.07, 6.45) is 8.20. The van der Waals surface area contributed by atoms with Crippen molar-refractivity contribution in [1.82, 2.24) is 10.6 Å². The van der Waals surface area contributed by atoms with Crippen LogP contribution in [0.15, 0.2) is 0 Å². The van der Waals surface area contributed by atoms with Gasteiger partial charge in [0.1, 0.15) is 0 Å². The predicted octanol–water partition coefficient (Wildman–Crippen LogP) is 1.31. The van der Waals surface area contributed by atoms with Gasteiger partial charge in [-0.15, -0.1) is 0 Å². The molecule has 2 atom stereocenters. The summed E-state index contributed by atoms with van der Waals surface area (Å²) in [5.74, 6) is 0.827. The van der Waals surface area contributed by atoms with E-state index < -0.39 is 0 Å². The molecule has 0 aromatic heterocycles. The van der Waals surface area contributed by atoms with Gasteiger partial charge in [-0.2, -0.15) is 0 Å². The van der Waals surface area contributed by atoms with Gasteiger partial charge in [0.25, 0.3) is 0 Å². The van der Waals surface area contributed by atoms with Crippen LogP contribution in [-0.4, -0.2) is 30.4 Å². The molecule has 0 spiro atoms. The van der Waals surface area contributed by atoms with Crippen molar-refractivity contribution in [2.24, 2.45) is 17.6 Å². The maximum Gasteiger partial charge on any atom is 0.223 e. The van der Waals surface area contributed by atoms with Crippen LogP contribution in [0.5, 0.6) is 0 Å². The lowest BCUT2D eigenvalue weighted by Crippen LogP contribution is -2.43. The number of rotatable bonds is 7. The molecule has 4 N–H and O–H groups in total. The molecule has 2 fully saturated rings. The molecule has 2 unspecified atom stereocenters. The largest absolute Gasteiger partial charge is 0.354 e. The van der Waals surface area contributed by atoms with Crippen LogP contribution < -0.4 is 16.4 Å². The number of carbonyl (C=O) groups is 2. The monoisotopic (exact) mass is 295 g/mol. The molecule has 120 valence electrons. The molecule has 2 rings (SSSR count). The quantitative estimate of drug-likeness (QED) is 0.662. The van der Waals surface area contributed by atoms with Crippen molar-refractivity contribution < 1.29 is 9.59 Å². The standard InChI is InChI=1S/C16H29N3O2/c1-11(19-16(21)13-5-3-2-4-6-13)9-15(20)18-10-14(17)12-7-8-12/h11-14H,2-10,17H2,1H3,(H,18,20)(H,19,21). The molecule has 0 heterocycles. The highest BCUT2D eigenvalue weighted by Crippen LogP contribution is 2.31. The van der Waals surface area contributed by atoms with Crippen molar-refractivity contribution >= 4 is 11.8 Å². The number of hydrogen-bond acceptors (Lipinski definition) is 3. The van der Waals surface area contributed by atoms with Crippen LogP contribution in [0.1, 0.15) is 58.3 Å². The second kappa shape index (κ2) is 7.78. The van der Waals surface area contributed by atoms with Gasteiger partial charge in [-0.1, -0.05) is 19.3 Å². The Balaban J connectivity index is 1.61. The van der Waals surface area contributed by atoms with Gasteiger partial charge in [0.05, 0.1) is 0 Å². The molecule has 2 amide bonds. The van der Waals surface area contributed by atoms with E-state index in [4.69, 9.17) is 5.73 Å². The van der Waals surface area contributed by atoms with Crippen molar-refractivity contribution in [3.8, 4) is 0 Å². The first-order valence-corrected chi connectivity index (χ1v) is 8.39. The Bertz CT molecular complexity index is 363. The summed E-state index contributed by atoms with van der Waals surface area (Å²) in [6, 6.07) is -0.0299. The van der Waals surface area contributed by atoms with Crippen molar-refractivity contribution in [3.63, 3.8) is 0 Å². The van der Waals surface area contributed by atoms with Gasteiger partial charge in [0.15, 0.2) is 0 Å². The molecule has 0 bridgehead atoms. The lowest BCUT2D eigenvalue weighted by molar-refractivity contribution is -0.127. The SMILES string of the molecule is CC(CC(=O)NCC(N)C1CC1)NC(=O)C1CCCCC1. The summed E-state index contributed by atoms with van der Waals surface area (Å²) in [5, 5.41) is 5.84. The Labute approximate surface area is 127 Å². The maximum absolute atomic E-state index is 12.1. The Kier molecular flexibility index (Phi) is 6.03. The third-order valence-electron chi connectivity index (χ3n) is 4.62. The van der Waals surface area contributed by atoms with E-state index in [1.165, 1.54) is 19.3 Å². The van der Waals surface area contributed by atoms with Gasteiger partial charge < -0.3 is 16.4 Å². The van der Waals surface area contributed by atoms with Gasteiger partial charge >= 0.3 is 0 Å². The van der Waals surface area contributed by atoms with Crippen LogP contribution in [0.3, 0.4) is 0 Å². The minimum Gasteiger partial charge on any atom is -0.354 e. The molecule has 5 heteroatoms. The zero-order valence-electron chi connectivity index (χ0n) is 13.1. The second-order valence-electron chi connectivity index (χ2n) is 6.75. The van der Waals surface area contributed by atoms with Gasteiger partial charge in [-0.05, 0) is 38.5 Å². The lowest BCUT2D eigenvalue weighted by Gasteiger charge is -2.23. The first kappa shape index (κ1) is 16.3. The molecule has 21 heavy (non-hydrogen) atoms. The second-order valence-corrected chi connectivity index (χ2v) is 6.75. The number of hydrogen-bond donors (Lipinski definition) is 3. The van der Waals surface area contributed by atoms with Crippen LogP contribution in [-0.2, 0) is 9.59 Å². The van der Waals surface area contributed by atoms with Gasteiger partial charge in [0, 0.05) is 31.0 Å². The van der Waals surface area contributed by atoms with Gasteiger partial charge in [0.2, 0.25) is 11.8 Å². The van der Waals surface area contributed by atoms with Crippen LogP contribution in [0.25, 0.3) is 0 Å². The lowest BCUT2D eigenvalue weighted by atomic mass is 9.88. The topological polar surface area (TPSA) is 84.2 Å². The summed E-state index contributed by atoms with van der Waals surface area (Å²) < 4.78 is 0. The number of amides is 2. The Morgan fingerprint density at radius 3 is 2.43 bits per heavy atom. The zero-order chi connectivity index (χ0) is 15.2. The van der Waals surface area contributed by atoms with E-state index >= 15 is 0 Å². The first-order chi connectivity index (χ1) is 10.1. The predicted molar refractivity (Wildman–Crippen MR) is 82.5 cm³/mol. The summed E-state index contributed by atoms with van der Waals surface area (Å²) in [6.45, 7) is 2.44. The fourth-order valence-corrected chi connectivity index (χ4v) is 3.05. The fraction of sp³-hybridized carbons (Fsp3) is 0.875. The average Bonchev–Trinajstić information content (AvgIpc) is 3.30. The van der Waals surface area contributed by atoms with E-state index in [0.29, 0.717) is 18.9 Å². The van der Waals surface area contributed by atoms with E-state index in [1.54, 1.807) is 0 Å². The molecule has 2 aliphatic carbocycles. The molecule has 0 saturated heterocycles. The molecule has 0 aromatic rings. The minimum atomic E-state index is -0.114. The summed E-state index contributed by atoms with van der Waals surface area (Å²) in [4.78, 5) is 23.9. The average molecular weight is 295 g/mol. The van der Waals surface area contributed by atoms with E-state index in [2.05, 4.69) is 10.6 Å². The van der Waals surface area contributed by atoms with Gasteiger partial charge in [-0.3, -0.25) is 9.59 Å². The van der Waals surface area contributed by atoms with E-state index in [0.717, 1.165) is 25.7 Å². The summed E-state index contributed by atoms with van der Waals surface area (Å²) in [7, 11) is 0. The van der Waals surface area contributed by atoms with Crippen molar-refractivity contribution in [2.45, 2.75) is 70.4 Å². The molecular formula is C16H29N3O2. The molecule has 2 saturated carbocycles. The maximum atomic E-state index is 12.1. The minimum absolute atomic E-state index is 0.0254. The van der Waals surface area contributed by atoms with Crippen molar-refractivity contribution in [2.75, 3.05) is 6.54 Å². The Hall–Kier alpha value is -1.10. The summed E-state index contributed by atoms with van der Waals surface area (Å²) >= 11 is 0. The van der Waals surface area contributed by atoms with Crippen LogP contribution in [0.2, 0.25) is 0 Å². The molecule has 0 aromatic carbocycles. The van der Waals surface area contributed by atoms with E-state index in [9.17, 15) is 9.59 Å². The number of nitrogens with one attached hydrogen (secondary N) is 2. The Morgan fingerprint density at radius 1 is 1.14 bits per heavy atom. The fourth-order valence-electron chi connectivity index (χ4n) is 3.05. The Morgan fingerprint density at radius 2 is 1.81 bits per heavy atom. The smallest absolute Gasteiger partial charge is 0.223 e. The zero-order valence-corrected chi connectivity index (χ0v) is 13.1. The molecule has 0 aliphatic heterocycles. The van der Waals surface area contributed by atoms with Gasteiger partial charge in [-0.25, -0.2) is 0 Å². The highest BCUT2D eigenvalue weighted by molar-refractivity contribution is 5.81. The molecule has 2 aliphatic rings. The van der Waals surface area contributed by atoms with E-state index in [1.807, 2.05) is 6.92 Å². The van der Waals surface area contributed by atoms with E-state index in [-0.39, 0.29) is 29.8 Å². The molecular weight excluding hydrogens is 266 g/mol. The first-order valence-electron chi connectivity index (χ1n) is 8.39. The van der Waals surface area contributed by atoms with Crippen LogP contribution in [0.4, 0.5) is 0 Å². The highest BCUT2D eigenvalue weighted by atomic mass is 16.2. The van der Waals surface area contributed by atoms with Crippen LogP contribution in [0, 0.1) is 11.8 Å². The number of nitrogens with two attached hydrogens (primary N) is 1. The number of carbonyl (C=O) groups excluding carboxylic acids is 2. The summed E-state index contributed by atoms with van der Waals surface area (Å²) in [5.41, 5.74) is 5.95. The normalized spacial score (nSPS) is 22.4. The third-order valence-corrected chi connectivity index (χ3v) is 4.62. The van der Waals surface area contributed by atoms with Crippen LogP contribution >= 0.6 is 0 Å². The van der Waals surface area contributed by atoms with Crippen molar-refractivity contribution in [3.05, 3.63) is 0 Å². The molecule has 5 nitrogen and oxygen atoms in total. The third kappa shape index (κ3) is 5.65. The molecule has 0 radical (unpaired) electrons.